The number of carbonyl (C=O) groups is 1. The maximum Gasteiger partial charge on any atom is 0.276 e. The first-order valence-electron chi connectivity index (χ1n) is 8.68. The maximum absolute atomic E-state index is 12.6. The number of piperidine rings is 1. The van der Waals surface area contributed by atoms with Crippen molar-refractivity contribution in [3.05, 3.63) is 17.5 Å². The van der Waals surface area contributed by atoms with Crippen molar-refractivity contribution in [2.45, 2.75) is 31.9 Å². The Balaban J connectivity index is 1.53. The van der Waals surface area contributed by atoms with Crippen molar-refractivity contribution in [3.8, 4) is 0 Å². The third-order valence-electron chi connectivity index (χ3n) is 5.17. The molecule has 23 heavy (non-hydrogen) atoms. The van der Waals surface area contributed by atoms with Crippen molar-refractivity contribution >= 4 is 17.7 Å². The molecule has 0 N–H and O–H groups in total. The second kappa shape index (κ2) is 7.71. The summed E-state index contributed by atoms with van der Waals surface area (Å²) in [5.41, 5.74) is 0.473. The molecule has 2 aliphatic rings. The number of rotatable bonds is 5. The summed E-state index contributed by atoms with van der Waals surface area (Å²) in [5.74, 6) is 4.10. The van der Waals surface area contributed by atoms with Crippen LogP contribution in [0.1, 0.15) is 42.4 Å². The summed E-state index contributed by atoms with van der Waals surface area (Å²) in [6, 6.07) is 1.81. The molecule has 1 atom stereocenters. The van der Waals surface area contributed by atoms with E-state index < -0.39 is 0 Å². The number of aromatic nitrogens is 1. The third-order valence-corrected chi connectivity index (χ3v) is 6.07. The Morgan fingerprint density at radius 2 is 2.04 bits per heavy atom. The fourth-order valence-electron chi connectivity index (χ4n) is 3.70. The average Bonchev–Trinajstić information content (AvgIpc) is 3.22. The van der Waals surface area contributed by atoms with Gasteiger partial charge in [0.15, 0.2) is 5.69 Å². The van der Waals surface area contributed by atoms with Crippen molar-refractivity contribution in [3.63, 3.8) is 0 Å². The molecule has 0 bridgehead atoms. The van der Waals surface area contributed by atoms with Gasteiger partial charge in [-0.15, -0.1) is 0 Å². The lowest BCUT2D eigenvalue weighted by Gasteiger charge is -2.32. The molecule has 0 saturated carbocycles. The molecule has 2 aliphatic heterocycles. The first-order valence-corrected chi connectivity index (χ1v) is 9.84. The van der Waals surface area contributed by atoms with Crippen LogP contribution in [-0.2, 0) is 5.75 Å². The Morgan fingerprint density at radius 3 is 2.78 bits per heavy atom. The first kappa shape index (κ1) is 16.8. The monoisotopic (exact) mass is 337 g/mol. The van der Waals surface area contributed by atoms with E-state index in [2.05, 4.69) is 24.0 Å². The van der Waals surface area contributed by atoms with Crippen LogP contribution in [0.4, 0.5) is 0 Å². The van der Waals surface area contributed by atoms with Gasteiger partial charge in [0.2, 0.25) is 0 Å². The Hall–Kier alpha value is -1.01. The van der Waals surface area contributed by atoms with E-state index in [1.165, 1.54) is 25.9 Å². The number of likely N-dealkylation sites (tertiary alicyclic amines) is 2. The third kappa shape index (κ3) is 4.10. The molecule has 0 radical (unpaired) electrons. The summed E-state index contributed by atoms with van der Waals surface area (Å²) in [6.45, 7) is 6.25. The smallest absolute Gasteiger partial charge is 0.276 e. The summed E-state index contributed by atoms with van der Waals surface area (Å²) in [6.07, 6.45) is 3.67. The van der Waals surface area contributed by atoms with Gasteiger partial charge in [0.05, 0.1) is 5.75 Å². The van der Waals surface area contributed by atoms with Crippen LogP contribution >= 0.6 is 11.8 Å². The number of hydrogen-bond acceptors (Lipinski definition) is 5. The molecule has 1 aromatic rings. The second-order valence-electron chi connectivity index (χ2n) is 6.76. The zero-order valence-electron chi connectivity index (χ0n) is 14.2. The SMILES string of the molecule is CCSCc1cc(C(=O)N2CC[C@H](C3CCN(C)CC3)C2)no1. The second-order valence-corrected chi connectivity index (χ2v) is 8.03. The molecule has 6 heteroatoms. The van der Waals surface area contributed by atoms with E-state index in [1.807, 2.05) is 11.0 Å². The molecule has 1 amide bonds. The van der Waals surface area contributed by atoms with Crippen LogP contribution in [0.2, 0.25) is 0 Å². The Kier molecular flexibility index (Phi) is 5.64. The molecule has 3 rings (SSSR count). The maximum atomic E-state index is 12.6. The summed E-state index contributed by atoms with van der Waals surface area (Å²) in [5, 5.41) is 3.97. The van der Waals surface area contributed by atoms with E-state index in [9.17, 15) is 4.79 Å². The van der Waals surface area contributed by atoms with E-state index in [-0.39, 0.29) is 5.91 Å². The van der Waals surface area contributed by atoms with E-state index in [0.717, 1.165) is 42.7 Å². The van der Waals surface area contributed by atoms with E-state index in [1.54, 1.807) is 11.8 Å². The highest BCUT2D eigenvalue weighted by Crippen LogP contribution is 2.32. The van der Waals surface area contributed by atoms with Gasteiger partial charge in [0, 0.05) is 19.2 Å². The number of nitrogens with zero attached hydrogens (tertiary/aromatic N) is 3. The van der Waals surface area contributed by atoms with Gasteiger partial charge in [-0.05, 0) is 57.0 Å². The van der Waals surface area contributed by atoms with Gasteiger partial charge in [-0.25, -0.2) is 0 Å². The van der Waals surface area contributed by atoms with Crippen LogP contribution in [0.25, 0.3) is 0 Å². The minimum Gasteiger partial charge on any atom is -0.360 e. The molecule has 2 fully saturated rings. The minimum absolute atomic E-state index is 0.0388. The minimum atomic E-state index is 0.0388. The summed E-state index contributed by atoms with van der Waals surface area (Å²) >= 11 is 1.78. The molecular weight excluding hydrogens is 310 g/mol. The summed E-state index contributed by atoms with van der Waals surface area (Å²) < 4.78 is 5.28. The number of amides is 1. The lowest BCUT2D eigenvalue weighted by molar-refractivity contribution is 0.0765. The molecule has 128 valence electrons. The molecule has 1 aromatic heterocycles. The van der Waals surface area contributed by atoms with Gasteiger partial charge in [-0.1, -0.05) is 12.1 Å². The highest BCUT2D eigenvalue weighted by Gasteiger charge is 2.34. The molecule has 0 aliphatic carbocycles. The standard InChI is InChI=1S/C17H27N3O2S/c1-3-23-12-15-10-16(18-22-15)17(21)20-9-6-14(11-20)13-4-7-19(2)8-5-13/h10,13-14H,3-9,11-12H2,1-2H3/t14-/m0/s1. The van der Waals surface area contributed by atoms with Crippen LogP contribution in [0.15, 0.2) is 10.6 Å². The largest absolute Gasteiger partial charge is 0.360 e. The zero-order chi connectivity index (χ0) is 16.2. The predicted molar refractivity (Wildman–Crippen MR) is 92.6 cm³/mol. The van der Waals surface area contributed by atoms with E-state index in [4.69, 9.17) is 4.52 Å². The van der Waals surface area contributed by atoms with Gasteiger partial charge in [0.25, 0.3) is 5.91 Å². The molecular formula is C17H27N3O2S. The fourth-order valence-corrected chi connectivity index (χ4v) is 4.24. The van der Waals surface area contributed by atoms with Crippen molar-refractivity contribution in [2.24, 2.45) is 11.8 Å². The van der Waals surface area contributed by atoms with E-state index >= 15 is 0 Å². The first-order chi connectivity index (χ1) is 11.2. The quantitative estimate of drug-likeness (QED) is 0.827. The van der Waals surface area contributed by atoms with Crippen LogP contribution < -0.4 is 0 Å². The highest BCUT2D eigenvalue weighted by atomic mass is 32.2. The number of hydrogen-bond donors (Lipinski definition) is 0. The normalized spacial score (nSPS) is 23.6. The van der Waals surface area contributed by atoms with Crippen LogP contribution in [0.5, 0.6) is 0 Å². The molecule has 0 aromatic carbocycles. The predicted octanol–water partition coefficient (Wildman–Crippen LogP) is 2.73. The van der Waals surface area contributed by atoms with Gasteiger partial charge < -0.3 is 14.3 Å². The summed E-state index contributed by atoms with van der Waals surface area (Å²) in [4.78, 5) is 17.0. The molecule has 3 heterocycles. The topological polar surface area (TPSA) is 49.6 Å². The lowest BCUT2D eigenvalue weighted by atomic mass is 9.84. The molecule has 0 unspecified atom stereocenters. The van der Waals surface area contributed by atoms with Gasteiger partial charge in [-0.2, -0.15) is 11.8 Å². The number of carbonyl (C=O) groups excluding carboxylic acids is 1. The van der Waals surface area contributed by atoms with E-state index in [0.29, 0.717) is 11.6 Å². The lowest BCUT2D eigenvalue weighted by Crippen LogP contribution is -2.35. The van der Waals surface area contributed by atoms with Crippen molar-refractivity contribution in [1.29, 1.82) is 0 Å². The van der Waals surface area contributed by atoms with Crippen molar-refractivity contribution < 1.29 is 9.32 Å². The average molecular weight is 337 g/mol. The van der Waals surface area contributed by atoms with Crippen LogP contribution in [0.3, 0.4) is 0 Å². The fraction of sp³-hybridized carbons (Fsp3) is 0.765. The number of thioether (sulfide) groups is 1. The van der Waals surface area contributed by atoms with Gasteiger partial charge in [-0.3, -0.25) is 4.79 Å². The Morgan fingerprint density at radius 1 is 1.30 bits per heavy atom. The van der Waals surface area contributed by atoms with Gasteiger partial charge >= 0.3 is 0 Å². The Bertz CT molecular complexity index is 526. The van der Waals surface area contributed by atoms with Crippen molar-refractivity contribution in [1.82, 2.24) is 15.0 Å². The molecule has 0 spiro atoms. The van der Waals surface area contributed by atoms with Crippen LogP contribution in [0, 0.1) is 11.8 Å². The highest BCUT2D eigenvalue weighted by molar-refractivity contribution is 7.98. The summed E-state index contributed by atoms with van der Waals surface area (Å²) in [7, 11) is 2.19. The van der Waals surface area contributed by atoms with Gasteiger partial charge in [0.1, 0.15) is 5.76 Å². The van der Waals surface area contributed by atoms with Crippen molar-refractivity contribution in [2.75, 3.05) is 39.0 Å². The molecule has 2 saturated heterocycles. The zero-order valence-corrected chi connectivity index (χ0v) is 15.0. The molecule has 5 nitrogen and oxygen atoms in total. The van der Waals surface area contributed by atoms with Crippen LogP contribution in [-0.4, -0.2) is 59.8 Å². The Labute approximate surface area is 142 Å².